The Balaban J connectivity index is 1.38. The molecule has 6 nitrogen and oxygen atoms in total. The number of amides is 2. The summed E-state index contributed by atoms with van der Waals surface area (Å²) in [7, 11) is 0. The molecule has 0 spiro atoms. The number of fused-ring (bicyclic) bond motifs is 1. The third-order valence-corrected chi connectivity index (χ3v) is 6.12. The maximum Gasteiger partial charge on any atom is 0.329 e. The van der Waals surface area contributed by atoms with Gasteiger partial charge in [0.15, 0.2) is 6.61 Å². The molecule has 0 bridgehead atoms. The molecule has 1 saturated heterocycles. The molecule has 4 rings (SSSR count). The summed E-state index contributed by atoms with van der Waals surface area (Å²) in [5, 5.41) is 1.84. The van der Waals surface area contributed by atoms with Crippen molar-refractivity contribution in [3.05, 3.63) is 52.2 Å². The zero-order valence-corrected chi connectivity index (χ0v) is 16.3. The lowest BCUT2D eigenvalue weighted by molar-refractivity contribution is -0.151. The van der Waals surface area contributed by atoms with Crippen LogP contribution in [0, 0.1) is 0 Å². The van der Waals surface area contributed by atoms with Crippen molar-refractivity contribution in [2.24, 2.45) is 0 Å². The summed E-state index contributed by atoms with van der Waals surface area (Å²) in [4.78, 5) is 41.7. The van der Waals surface area contributed by atoms with Gasteiger partial charge in [0.2, 0.25) is 0 Å². The number of benzene rings is 1. The second-order valence-electron chi connectivity index (χ2n) is 7.02. The lowest BCUT2D eigenvalue weighted by Crippen LogP contribution is -2.43. The van der Waals surface area contributed by atoms with Crippen LogP contribution in [0.15, 0.2) is 41.8 Å². The molecule has 0 unspecified atom stereocenters. The van der Waals surface area contributed by atoms with Crippen LogP contribution in [0.1, 0.15) is 34.5 Å². The SMILES string of the molecule is O=C(OCC(=O)N1CCCc2ccccc21)[C@@H]1CCCN1C(=O)c1cccs1. The Morgan fingerprint density at radius 2 is 1.93 bits per heavy atom. The number of hydrogen-bond donors (Lipinski definition) is 0. The molecule has 1 aromatic heterocycles. The lowest BCUT2D eigenvalue weighted by atomic mass is 10.0. The number of hydrogen-bond acceptors (Lipinski definition) is 5. The van der Waals surface area contributed by atoms with E-state index in [9.17, 15) is 14.4 Å². The number of ether oxygens (including phenoxy) is 1. The van der Waals surface area contributed by atoms with Gasteiger partial charge in [-0.25, -0.2) is 4.79 Å². The smallest absolute Gasteiger partial charge is 0.329 e. The summed E-state index contributed by atoms with van der Waals surface area (Å²) in [5.74, 6) is -0.874. The van der Waals surface area contributed by atoms with E-state index in [2.05, 4.69) is 0 Å². The number of rotatable bonds is 4. The van der Waals surface area contributed by atoms with Crippen LogP contribution in [0.4, 0.5) is 5.69 Å². The highest BCUT2D eigenvalue weighted by Crippen LogP contribution is 2.27. The van der Waals surface area contributed by atoms with Gasteiger partial charge >= 0.3 is 5.97 Å². The summed E-state index contributed by atoms with van der Waals surface area (Å²) in [6, 6.07) is 10.8. The van der Waals surface area contributed by atoms with Crippen LogP contribution in [0.3, 0.4) is 0 Å². The highest BCUT2D eigenvalue weighted by atomic mass is 32.1. The number of carbonyl (C=O) groups is 3. The van der Waals surface area contributed by atoms with E-state index in [1.165, 1.54) is 11.3 Å². The normalized spacial score (nSPS) is 18.6. The number of aryl methyl sites for hydroxylation is 1. The van der Waals surface area contributed by atoms with Crippen molar-refractivity contribution in [2.45, 2.75) is 31.7 Å². The second kappa shape index (κ2) is 8.14. The van der Waals surface area contributed by atoms with Crippen molar-refractivity contribution < 1.29 is 19.1 Å². The van der Waals surface area contributed by atoms with Crippen molar-refractivity contribution in [1.29, 1.82) is 0 Å². The third kappa shape index (κ3) is 3.67. The minimum absolute atomic E-state index is 0.147. The Morgan fingerprint density at radius 1 is 1.07 bits per heavy atom. The van der Waals surface area contributed by atoms with Crippen LogP contribution in [-0.4, -0.2) is 48.4 Å². The summed E-state index contributed by atoms with van der Waals surface area (Å²) >= 11 is 1.36. The van der Waals surface area contributed by atoms with Gasteiger partial charge in [0.05, 0.1) is 4.88 Å². The molecule has 7 heteroatoms. The van der Waals surface area contributed by atoms with Crippen molar-refractivity contribution in [3.63, 3.8) is 0 Å². The largest absolute Gasteiger partial charge is 0.454 e. The van der Waals surface area contributed by atoms with Crippen LogP contribution >= 0.6 is 11.3 Å². The minimum atomic E-state index is -0.615. The number of likely N-dealkylation sites (tertiary alicyclic amines) is 1. The average molecular weight is 398 g/mol. The van der Waals surface area contributed by atoms with Crippen LogP contribution in [0.5, 0.6) is 0 Å². The first-order valence-corrected chi connectivity index (χ1v) is 10.4. The van der Waals surface area contributed by atoms with Crippen LogP contribution < -0.4 is 4.90 Å². The third-order valence-electron chi connectivity index (χ3n) is 5.27. The summed E-state index contributed by atoms with van der Waals surface area (Å²) in [6.45, 7) is 0.856. The highest BCUT2D eigenvalue weighted by Gasteiger charge is 2.36. The first-order chi connectivity index (χ1) is 13.6. The van der Waals surface area contributed by atoms with Crippen molar-refractivity contribution in [2.75, 3.05) is 24.6 Å². The highest BCUT2D eigenvalue weighted by molar-refractivity contribution is 7.12. The van der Waals surface area contributed by atoms with E-state index >= 15 is 0 Å². The molecule has 1 fully saturated rings. The number of esters is 1. The van der Waals surface area contributed by atoms with Crippen LogP contribution in [0.25, 0.3) is 0 Å². The van der Waals surface area contributed by atoms with E-state index in [0.717, 1.165) is 30.5 Å². The van der Waals surface area contributed by atoms with Crippen molar-refractivity contribution in [3.8, 4) is 0 Å². The first kappa shape index (κ1) is 18.7. The molecule has 0 N–H and O–H groups in total. The standard InChI is InChI=1S/C21H22N2O4S/c24-19(22-11-3-7-15-6-1-2-8-16(15)22)14-27-21(26)17-9-4-12-23(17)20(25)18-10-5-13-28-18/h1-2,5-6,8,10,13,17H,3-4,7,9,11-12,14H2/t17-/m0/s1. The predicted molar refractivity (Wildman–Crippen MR) is 106 cm³/mol. The Bertz CT molecular complexity index is 880. The van der Waals surface area contributed by atoms with E-state index in [1.54, 1.807) is 15.9 Å². The molecule has 2 amide bonds. The lowest BCUT2D eigenvalue weighted by Gasteiger charge is -2.29. The van der Waals surface area contributed by atoms with E-state index < -0.39 is 12.0 Å². The fraction of sp³-hybridized carbons (Fsp3) is 0.381. The minimum Gasteiger partial charge on any atom is -0.454 e. The van der Waals surface area contributed by atoms with Gasteiger partial charge in [-0.2, -0.15) is 0 Å². The molecule has 0 radical (unpaired) electrons. The molecule has 1 atom stereocenters. The molecular weight excluding hydrogens is 376 g/mol. The monoisotopic (exact) mass is 398 g/mol. The molecule has 2 aromatic rings. The fourth-order valence-corrected chi connectivity index (χ4v) is 4.58. The van der Waals surface area contributed by atoms with Crippen LogP contribution in [0.2, 0.25) is 0 Å². The van der Waals surface area contributed by atoms with Gasteiger partial charge < -0.3 is 14.5 Å². The molecule has 146 valence electrons. The molecular formula is C21H22N2O4S. The Kier molecular flexibility index (Phi) is 5.43. The van der Waals surface area contributed by atoms with E-state index in [1.807, 2.05) is 35.7 Å². The molecule has 2 aliphatic rings. The number of nitrogens with zero attached hydrogens (tertiary/aromatic N) is 2. The fourth-order valence-electron chi connectivity index (χ4n) is 3.90. The Morgan fingerprint density at radius 3 is 2.75 bits per heavy atom. The van der Waals surface area contributed by atoms with Gasteiger partial charge in [-0.1, -0.05) is 24.3 Å². The van der Waals surface area contributed by atoms with Crippen molar-refractivity contribution >= 4 is 34.8 Å². The topological polar surface area (TPSA) is 66.9 Å². The molecule has 3 heterocycles. The zero-order valence-electron chi connectivity index (χ0n) is 15.5. The molecule has 0 aliphatic carbocycles. The number of para-hydroxylation sites is 1. The van der Waals surface area contributed by atoms with Gasteiger partial charge in [0.25, 0.3) is 11.8 Å². The molecule has 2 aliphatic heterocycles. The van der Waals surface area contributed by atoms with Crippen LogP contribution in [-0.2, 0) is 20.7 Å². The number of carbonyl (C=O) groups excluding carboxylic acids is 3. The van der Waals surface area contributed by atoms with Gasteiger partial charge in [0.1, 0.15) is 6.04 Å². The number of thiophene rings is 1. The van der Waals surface area contributed by atoms with Gasteiger partial charge in [-0.05, 0) is 48.8 Å². The second-order valence-corrected chi connectivity index (χ2v) is 7.97. The first-order valence-electron chi connectivity index (χ1n) is 9.54. The summed E-state index contributed by atoms with van der Waals surface area (Å²) in [6.07, 6.45) is 3.16. The number of anilines is 1. The summed E-state index contributed by atoms with van der Waals surface area (Å²) in [5.41, 5.74) is 2.03. The average Bonchev–Trinajstić information content (AvgIpc) is 3.43. The van der Waals surface area contributed by atoms with E-state index in [4.69, 9.17) is 4.74 Å². The maximum absolute atomic E-state index is 12.7. The summed E-state index contributed by atoms with van der Waals surface area (Å²) < 4.78 is 5.33. The Hall–Kier alpha value is -2.67. The van der Waals surface area contributed by atoms with E-state index in [0.29, 0.717) is 24.4 Å². The zero-order chi connectivity index (χ0) is 19.5. The molecule has 0 saturated carbocycles. The predicted octanol–water partition coefficient (Wildman–Crippen LogP) is 2.88. The van der Waals surface area contributed by atoms with Crippen molar-refractivity contribution in [1.82, 2.24) is 4.90 Å². The Labute approximate surface area is 167 Å². The molecule has 1 aromatic carbocycles. The van der Waals surface area contributed by atoms with E-state index in [-0.39, 0.29) is 18.4 Å². The van der Waals surface area contributed by atoms with Gasteiger partial charge in [-0.3, -0.25) is 9.59 Å². The maximum atomic E-state index is 12.7. The molecule has 28 heavy (non-hydrogen) atoms. The van der Waals surface area contributed by atoms with Gasteiger partial charge in [0, 0.05) is 18.8 Å². The van der Waals surface area contributed by atoms with Gasteiger partial charge in [-0.15, -0.1) is 11.3 Å². The quantitative estimate of drug-likeness (QED) is 0.743.